The maximum Gasteiger partial charge on any atom is 0.162 e. The molecular formula is C15H21N5. The van der Waals surface area contributed by atoms with Crippen LogP contribution in [0.15, 0.2) is 18.3 Å². The topological polar surface area (TPSA) is 45.5 Å². The third-order valence-corrected chi connectivity index (χ3v) is 4.62. The van der Waals surface area contributed by atoms with Crippen molar-refractivity contribution in [3.63, 3.8) is 0 Å². The number of nitrogens with zero attached hydrogens (tertiary/aromatic N) is 4. The molecule has 0 bridgehead atoms. The van der Waals surface area contributed by atoms with Gasteiger partial charge in [0.25, 0.3) is 0 Å². The molecule has 0 aromatic carbocycles. The fourth-order valence-electron chi connectivity index (χ4n) is 3.48. The molecule has 0 amide bonds. The summed E-state index contributed by atoms with van der Waals surface area (Å²) in [6.45, 7) is 4.26. The molecule has 2 aliphatic rings. The van der Waals surface area contributed by atoms with Crippen LogP contribution in [0.3, 0.4) is 0 Å². The zero-order chi connectivity index (χ0) is 13.4. The summed E-state index contributed by atoms with van der Waals surface area (Å²) in [5.41, 5.74) is 2.26. The highest BCUT2D eigenvalue weighted by Crippen LogP contribution is 2.33. The molecule has 1 aliphatic carbocycles. The van der Waals surface area contributed by atoms with E-state index in [2.05, 4.69) is 43.1 Å². The van der Waals surface area contributed by atoms with Crippen LogP contribution < -0.4 is 10.2 Å². The van der Waals surface area contributed by atoms with E-state index in [-0.39, 0.29) is 0 Å². The van der Waals surface area contributed by atoms with Crippen molar-refractivity contribution in [1.82, 2.24) is 19.9 Å². The summed E-state index contributed by atoms with van der Waals surface area (Å²) in [5, 5.41) is 12.2. The first-order chi connectivity index (χ1) is 9.92. The summed E-state index contributed by atoms with van der Waals surface area (Å²) < 4.78 is 2.18. The standard InChI is InChI=1S/C15H21N5/c1-2-4-12(3-1)15-18-17-14-11-13(5-8-20(14)15)19-9-6-16-7-10-19/h5,8,11-12,16H,1-4,6-7,9-10H2. The Balaban J connectivity index is 1.66. The van der Waals surface area contributed by atoms with Crippen LogP contribution in [0.5, 0.6) is 0 Å². The van der Waals surface area contributed by atoms with Crippen molar-refractivity contribution in [1.29, 1.82) is 0 Å². The first-order valence-corrected chi connectivity index (χ1v) is 7.72. The van der Waals surface area contributed by atoms with Gasteiger partial charge in [0, 0.05) is 50.0 Å². The Kier molecular flexibility index (Phi) is 3.07. The van der Waals surface area contributed by atoms with Gasteiger partial charge in [-0.3, -0.25) is 4.40 Å². The largest absolute Gasteiger partial charge is 0.369 e. The lowest BCUT2D eigenvalue weighted by Gasteiger charge is -2.29. The van der Waals surface area contributed by atoms with E-state index in [0.717, 1.165) is 37.7 Å². The van der Waals surface area contributed by atoms with Crippen molar-refractivity contribution in [3.8, 4) is 0 Å². The lowest BCUT2D eigenvalue weighted by molar-refractivity contribution is 0.589. The molecule has 1 saturated heterocycles. The molecule has 1 saturated carbocycles. The number of pyridine rings is 1. The number of hydrogen-bond acceptors (Lipinski definition) is 4. The van der Waals surface area contributed by atoms with Gasteiger partial charge in [-0.25, -0.2) is 0 Å². The maximum absolute atomic E-state index is 4.45. The average Bonchev–Trinajstić information content (AvgIpc) is 3.16. The molecule has 3 heterocycles. The number of anilines is 1. The Hall–Kier alpha value is -1.62. The molecule has 4 rings (SSSR count). The molecule has 0 spiro atoms. The van der Waals surface area contributed by atoms with E-state index < -0.39 is 0 Å². The van der Waals surface area contributed by atoms with Crippen LogP contribution in [0, 0.1) is 0 Å². The lowest BCUT2D eigenvalue weighted by atomic mass is 10.1. The minimum Gasteiger partial charge on any atom is -0.369 e. The first-order valence-electron chi connectivity index (χ1n) is 7.72. The molecule has 1 aliphatic heterocycles. The van der Waals surface area contributed by atoms with E-state index in [4.69, 9.17) is 0 Å². The average molecular weight is 271 g/mol. The summed E-state index contributed by atoms with van der Waals surface area (Å²) >= 11 is 0. The van der Waals surface area contributed by atoms with Crippen LogP contribution in [0.1, 0.15) is 37.4 Å². The molecule has 20 heavy (non-hydrogen) atoms. The second-order valence-corrected chi connectivity index (χ2v) is 5.89. The van der Waals surface area contributed by atoms with E-state index in [1.807, 2.05) is 0 Å². The zero-order valence-electron chi connectivity index (χ0n) is 11.8. The van der Waals surface area contributed by atoms with Crippen LogP contribution in [0.4, 0.5) is 5.69 Å². The van der Waals surface area contributed by atoms with E-state index in [9.17, 15) is 0 Å². The second kappa shape index (κ2) is 5.05. The molecule has 2 aromatic heterocycles. The molecule has 0 radical (unpaired) electrons. The third-order valence-electron chi connectivity index (χ3n) is 4.62. The summed E-state index contributed by atoms with van der Waals surface area (Å²) in [7, 11) is 0. The van der Waals surface area contributed by atoms with Crippen molar-refractivity contribution in [2.75, 3.05) is 31.1 Å². The van der Waals surface area contributed by atoms with Gasteiger partial charge in [-0.2, -0.15) is 0 Å². The molecular weight excluding hydrogens is 250 g/mol. The lowest BCUT2D eigenvalue weighted by Crippen LogP contribution is -2.43. The highest BCUT2D eigenvalue weighted by molar-refractivity contribution is 5.56. The first kappa shape index (κ1) is 12.1. The maximum atomic E-state index is 4.45. The zero-order valence-corrected chi connectivity index (χ0v) is 11.8. The van der Waals surface area contributed by atoms with Crippen molar-refractivity contribution in [2.24, 2.45) is 0 Å². The van der Waals surface area contributed by atoms with Gasteiger partial charge < -0.3 is 10.2 Å². The van der Waals surface area contributed by atoms with Gasteiger partial charge in [0.05, 0.1) is 0 Å². The fourth-order valence-corrected chi connectivity index (χ4v) is 3.48. The Morgan fingerprint density at radius 1 is 1.10 bits per heavy atom. The summed E-state index contributed by atoms with van der Waals surface area (Å²) in [4.78, 5) is 2.42. The normalized spacial score (nSPS) is 20.9. The highest BCUT2D eigenvalue weighted by atomic mass is 15.3. The second-order valence-electron chi connectivity index (χ2n) is 5.89. The van der Waals surface area contributed by atoms with Gasteiger partial charge in [-0.05, 0) is 18.9 Å². The Morgan fingerprint density at radius 3 is 2.70 bits per heavy atom. The summed E-state index contributed by atoms with van der Waals surface area (Å²) in [5.74, 6) is 1.76. The minimum absolute atomic E-state index is 0.607. The van der Waals surface area contributed by atoms with Crippen LogP contribution in [0.2, 0.25) is 0 Å². The van der Waals surface area contributed by atoms with Crippen LogP contribution in [0.25, 0.3) is 5.65 Å². The number of hydrogen-bond donors (Lipinski definition) is 1. The van der Waals surface area contributed by atoms with Gasteiger partial charge in [0.1, 0.15) is 5.82 Å². The van der Waals surface area contributed by atoms with Gasteiger partial charge in [0.15, 0.2) is 5.65 Å². The molecule has 5 heteroatoms. The van der Waals surface area contributed by atoms with E-state index in [1.165, 1.54) is 31.4 Å². The van der Waals surface area contributed by atoms with Crippen molar-refractivity contribution in [2.45, 2.75) is 31.6 Å². The Labute approximate surface area is 119 Å². The molecule has 5 nitrogen and oxygen atoms in total. The van der Waals surface area contributed by atoms with Gasteiger partial charge in [-0.15, -0.1) is 10.2 Å². The molecule has 0 atom stereocenters. The van der Waals surface area contributed by atoms with Crippen LogP contribution in [-0.4, -0.2) is 40.8 Å². The predicted octanol–water partition coefficient (Wildman–Crippen LogP) is 1.80. The fraction of sp³-hybridized carbons (Fsp3) is 0.600. The SMILES string of the molecule is c1cn2c(C3CCCC3)nnc2cc1N1CCNCC1. The van der Waals surface area contributed by atoms with E-state index >= 15 is 0 Å². The molecule has 106 valence electrons. The monoisotopic (exact) mass is 271 g/mol. The number of aromatic nitrogens is 3. The highest BCUT2D eigenvalue weighted by Gasteiger charge is 2.22. The summed E-state index contributed by atoms with van der Waals surface area (Å²) in [6.07, 6.45) is 7.35. The minimum atomic E-state index is 0.607. The quantitative estimate of drug-likeness (QED) is 0.904. The number of fused-ring (bicyclic) bond motifs is 1. The number of rotatable bonds is 2. The van der Waals surface area contributed by atoms with Crippen LogP contribution in [-0.2, 0) is 0 Å². The van der Waals surface area contributed by atoms with Crippen molar-refractivity contribution < 1.29 is 0 Å². The number of piperazine rings is 1. The Morgan fingerprint density at radius 2 is 1.90 bits per heavy atom. The van der Waals surface area contributed by atoms with Gasteiger partial charge in [-0.1, -0.05) is 12.8 Å². The number of nitrogens with one attached hydrogen (secondary N) is 1. The van der Waals surface area contributed by atoms with Crippen molar-refractivity contribution in [3.05, 3.63) is 24.2 Å². The van der Waals surface area contributed by atoms with Crippen molar-refractivity contribution >= 4 is 11.3 Å². The molecule has 1 N–H and O–H groups in total. The van der Waals surface area contributed by atoms with E-state index in [1.54, 1.807) is 0 Å². The van der Waals surface area contributed by atoms with Gasteiger partial charge in [0.2, 0.25) is 0 Å². The molecule has 0 unspecified atom stereocenters. The van der Waals surface area contributed by atoms with Gasteiger partial charge >= 0.3 is 0 Å². The molecule has 2 fully saturated rings. The molecule has 2 aromatic rings. The third kappa shape index (κ3) is 2.06. The smallest absolute Gasteiger partial charge is 0.162 e. The van der Waals surface area contributed by atoms with Crippen LogP contribution >= 0.6 is 0 Å². The summed E-state index contributed by atoms with van der Waals surface area (Å²) in [6, 6.07) is 4.39. The predicted molar refractivity (Wildman–Crippen MR) is 79.3 cm³/mol. The Bertz CT molecular complexity index is 593. The van der Waals surface area contributed by atoms with E-state index in [0.29, 0.717) is 5.92 Å².